The number of nitrogens with zero attached hydrogens (tertiary/aromatic N) is 1. The van der Waals surface area contributed by atoms with Gasteiger partial charge in [0, 0.05) is 17.9 Å². The zero-order valence-corrected chi connectivity index (χ0v) is 19.0. The van der Waals surface area contributed by atoms with Crippen molar-refractivity contribution in [2.45, 2.75) is 44.1 Å². The third-order valence-corrected chi connectivity index (χ3v) is 6.93. The molecule has 0 radical (unpaired) electrons. The predicted molar refractivity (Wildman–Crippen MR) is 124 cm³/mol. The van der Waals surface area contributed by atoms with Gasteiger partial charge in [0.25, 0.3) is 0 Å². The van der Waals surface area contributed by atoms with Gasteiger partial charge in [-0.15, -0.1) is 0 Å². The van der Waals surface area contributed by atoms with Gasteiger partial charge in [0.1, 0.15) is 5.76 Å². The fraction of sp³-hybridized carbons (Fsp3) is 0.391. The van der Waals surface area contributed by atoms with Crippen LogP contribution >= 0.6 is 11.8 Å². The fourth-order valence-electron chi connectivity index (χ4n) is 4.28. The Kier molecular flexibility index (Phi) is 6.73. The van der Waals surface area contributed by atoms with Gasteiger partial charge < -0.3 is 14.8 Å². The maximum absolute atomic E-state index is 13.3. The lowest BCUT2D eigenvalue weighted by Crippen LogP contribution is -2.40. The van der Waals surface area contributed by atoms with Crippen LogP contribution in [0.4, 0.5) is 0 Å². The predicted octanol–water partition coefficient (Wildman–Crippen LogP) is 2.32. The van der Waals surface area contributed by atoms with E-state index in [-0.39, 0.29) is 18.1 Å². The van der Waals surface area contributed by atoms with Crippen LogP contribution in [0.5, 0.6) is 5.75 Å². The monoisotopic (exact) mass is 470 g/mol. The fourth-order valence-corrected chi connectivity index (χ4v) is 5.55. The van der Waals surface area contributed by atoms with Gasteiger partial charge >= 0.3 is 5.69 Å². The molecule has 3 aromatic rings. The quantitative estimate of drug-likeness (QED) is 0.415. The normalized spacial score (nSPS) is 16.3. The number of aromatic hydroxyl groups is 1. The number of thioether (sulfide) groups is 1. The molecule has 1 aromatic carbocycles. The molecule has 0 aliphatic carbocycles. The van der Waals surface area contributed by atoms with E-state index in [4.69, 9.17) is 4.42 Å². The van der Waals surface area contributed by atoms with Crippen molar-refractivity contribution in [1.29, 1.82) is 0 Å². The van der Waals surface area contributed by atoms with E-state index in [1.54, 1.807) is 18.7 Å². The summed E-state index contributed by atoms with van der Waals surface area (Å²) in [5.41, 5.74) is -0.786. The number of carbonyl (C=O) groups excluding carboxylic acids is 1. The molecule has 0 saturated carbocycles. The number of aryl methyl sites for hydroxylation is 1. The van der Waals surface area contributed by atoms with Gasteiger partial charge in [-0.1, -0.05) is 30.3 Å². The number of benzene rings is 1. The number of amides is 1. The van der Waals surface area contributed by atoms with Gasteiger partial charge in [0.2, 0.25) is 17.1 Å². The molecule has 174 valence electrons. The van der Waals surface area contributed by atoms with Crippen molar-refractivity contribution >= 4 is 17.7 Å². The van der Waals surface area contributed by atoms with E-state index >= 15 is 0 Å². The van der Waals surface area contributed by atoms with Crippen molar-refractivity contribution < 1.29 is 14.3 Å². The van der Waals surface area contributed by atoms with Crippen LogP contribution in [0.15, 0.2) is 50.4 Å². The largest absolute Gasteiger partial charge is 0.502 e. The third-order valence-electron chi connectivity index (χ3n) is 5.94. The average molecular weight is 471 g/mol. The molecule has 1 amide bonds. The van der Waals surface area contributed by atoms with Gasteiger partial charge in [0.15, 0.2) is 11.6 Å². The summed E-state index contributed by atoms with van der Waals surface area (Å²) in [5, 5.41) is 19.9. The van der Waals surface area contributed by atoms with E-state index in [2.05, 4.69) is 20.5 Å². The Bertz CT molecular complexity index is 1230. The molecule has 1 atom stereocenters. The zero-order valence-electron chi connectivity index (χ0n) is 18.2. The number of carbonyl (C=O) groups is 1. The van der Waals surface area contributed by atoms with E-state index in [0.29, 0.717) is 30.8 Å². The van der Waals surface area contributed by atoms with Crippen LogP contribution in [0.2, 0.25) is 0 Å². The molecule has 0 spiro atoms. The number of hydrogen-bond donors (Lipinski definition) is 4. The van der Waals surface area contributed by atoms with E-state index in [9.17, 15) is 19.5 Å². The van der Waals surface area contributed by atoms with Gasteiger partial charge in [-0.3, -0.25) is 14.6 Å². The zero-order chi connectivity index (χ0) is 23.4. The van der Waals surface area contributed by atoms with E-state index in [1.807, 2.05) is 30.3 Å². The highest BCUT2D eigenvalue weighted by molar-refractivity contribution is 7.99. The summed E-state index contributed by atoms with van der Waals surface area (Å²) < 4.78 is 5.82. The minimum Gasteiger partial charge on any atom is -0.502 e. The Morgan fingerprint density at radius 2 is 2.00 bits per heavy atom. The average Bonchev–Trinajstić information content (AvgIpc) is 3.23. The standard InChI is InChI=1S/C23H26N4O5S/c1-14-11-17(28)19(30)20(32-14)23(7-9-33-10-8-23)13-18(29)24-16(21-25-22(31)27-26-21)12-15-5-3-2-4-6-15/h2-6,11,16,30H,7-10,12-13H2,1H3,(H,24,29)(H2,25,26,27,31). The first-order chi connectivity index (χ1) is 15.9. The SMILES string of the molecule is Cc1cc(=O)c(O)c(C2(CC(=O)NC(Cc3ccccc3)c3n[nH]c(=O)[nH]3)CCSCC2)o1. The summed E-state index contributed by atoms with van der Waals surface area (Å²) in [5.74, 6) is 1.75. The van der Waals surface area contributed by atoms with Crippen molar-refractivity contribution in [3.05, 3.63) is 80.0 Å². The van der Waals surface area contributed by atoms with Crippen molar-refractivity contribution in [3.8, 4) is 5.75 Å². The van der Waals surface area contributed by atoms with Crippen LogP contribution in [0.3, 0.4) is 0 Å². The molecular formula is C23H26N4O5S. The maximum Gasteiger partial charge on any atom is 0.340 e. The summed E-state index contributed by atoms with van der Waals surface area (Å²) in [6, 6.07) is 10.3. The second kappa shape index (κ2) is 9.70. The molecule has 10 heteroatoms. The molecule has 1 saturated heterocycles. The topological polar surface area (TPSA) is 141 Å². The summed E-state index contributed by atoms with van der Waals surface area (Å²) in [6.45, 7) is 1.65. The highest BCUT2D eigenvalue weighted by Gasteiger charge is 2.42. The molecule has 1 aliphatic heterocycles. The highest BCUT2D eigenvalue weighted by Crippen LogP contribution is 2.44. The first-order valence-corrected chi connectivity index (χ1v) is 11.9. The molecule has 1 unspecified atom stereocenters. The lowest BCUT2D eigenvalue weighted by Gasteiger charge is -2.36. The van der Waals surface area contributed by atoms with Crippen LogP contribution in [-0.2, 0) is 16.6 Å². The Morgan fingerprint density at radius 1 is 1.27 bits per heavy atom. The van der Waals surface area contributed by atoms with Crippen molar-refractivity contribution in [3.63, 3.8) is 0 Å². The molecule has 1 aliphatic rings. The molecule has 4 rings (SSSR count). The number of aromatic nitrogens is 3. The lowest BCUT2D eigenvalue weighted by atomic mass is 9.75. The number of H-pyrrole nitrogens is 2. The smallest absolute Gasteiger partial charge is 0.340 e. The van der Waals surface area contributed by atoms with Gasteiger partial charge in [-0.05, 0) is 43.3 Å². The van der Waals surface area contributed by atoms with E-state index in [0.717, 1.165) is 17.1 Å². The molecule has 1 fully saturated rings. The van der Waals surface area contributed by atoms with Gasteiger partial charge in [0.05, 0.1) is 6.04 Å². The molecule has 9 nitrogen and oxygen atoms in total. The molecule has 3 heterocycles. The summed E-state index contributed by atoms with van der Waals surface area (Å²) in [7, 11) is 0. The molecule has 33 heavy (non-hydrogen) atoms. The van der Waals surface area contributed by atoms with Crippen molar-refractivity contribution in [2.75, 3.05) is 11.5 Å². The van der Waals surface area contributed by atoms with Gasteiger partial charge in [-0.2, -0.15) is 16.9 Å². The summed E-state index contributed by atoms with van der Waals surface area (Å²) >= 11 is 1.76. The van der Waals surface area contributed by atoms with Crippen LogP contribution in [0.25, 0.3) is 0 Å². The first kappa shape index (κ1) is 22.9. The Hall–Kier alpha value is -3.27. The van der Waals surface area contributed by atoms with Crippen molar-refractivity contribution in [2.24, 2.45) is 0 Å². The Balaban J connectivity index is 1.62. The highest BCUT2D eigenvalue weighted by atomic mass is 32.2. The molecule has 2 aromatic heterocycles. The first-order valence-electron chi connectivity index (χ1n) is 10.8. The molecule has 4 N–H and O–H groups in total. The van der Waals surface area contributed by atoms with Crippen LogP contribution in [0, 0.1) is 6.92 Å². The molecular weight excluding hydrogens is 444 g/mol. The number of rotatable bonds is 7. The van der Waals surface area contributed by atoms with E-state index in [1.165, 1.54) is 6.07 Å². The van der Waals surface area contributed by atoms with E-state index < -0.39 is 28.3 Å². The third kappa shape index (κ3) is 5.22. The van der Waals surface area contributed by atoms with Gasteiger partial charge in [-0.25, -0.2) is 9.89 Å². The minimum absolute atomic E-state index is 0.0352. The van der Waals surface area contributed by atoms with Crippen LogP contribution < -0.4 is 16.4 Å². The number of hydrogen-bond acceptors (Lipinski definition) is 7. The minimum atomic E-state index is -0.791. The Labute approximate surface area is 194 Å². The lowest BCUT2D eigenvalue weighted by molar-refractivity contribution is -0.123. The summed E-state index contributed by atoms with van der Waals surface area (Å²) in [4.78, 5) is 39.8. The Morgan fingerprint density at radius 3 is 2.67 bits per heavy atom. The van der Waals surface area contributed by atoms with Crippen LogP contribution in [-0.4, -0.2) is 37.7 Å². The summed E-state index contributed by atoms with van der Waals surface area (Å²) in [6.07, 6.45) is 1.65. The van der Waals surface area contributed by atoms with Crippen molar-refractivity contribution in [1.82, 2.24) is 20.5 Å². The maximum atomic E-state index is 13.3. The van der Waals surface area contributed by atoms with Crippen LogP contribution in [0.1, 0.15) is 48.2 Å². The number of aromatic amines is 2. The second-order valence-corrected chi connectivity index (χ2v) is 9.57. The number of nitrogens with one attached hydrogen (secondary N) is 3. The molecule has 0 bridgehead atoms. The second-order valence-electron chi connectivity index (χ2n) is 8.34.